The fourth-order valence-electron chi connectivity index (χ4n) is 2.56. The van der Waals surface area contributed by atoms with Crippen molar-refractivity contribution in [2.75, 3.05) is 39.8 Å². The second-order valence-electron chi connectivity index (χ2n) is 6.87. The van der Waals surface area contributed by atoms with Crippen LogP contribution in [0.1, 0.15) is 25.0 Å². The largest absolute Gasteiger partial charge is 0.370 e. The fourth-order valence-corrected chi connectivity index (χ4v) is 2.56. The van der Waals surface area contributed by atoms with Gasteiger partial charge in [0.1, 0.15) is 0 Å². The molecule has 0 bridgehead atoms. The van der Waals surface area contributed by atoms with E-state index in [0.29, 0.717) is 18.4 Å². The smallest absolute Gasteiger partial charge is 0.188 e. The summed E-state index contributed by atoms with van der Waals surface area (Å²) in [6.45, 7) is 11.5. The Bertz CT molecular complexity index is 493. The monoisotopic (exact) mass is 445 g/mol. The van der Waals surface area contributed by atoms with E-state index < -0.39 is 0 Å². The van der Waals surface area contributed by atoms with Crippen molar-refractivity contribution in [1.82, 2.24) is 15.1 Å². The van der Waals surface area contributed by atoms with Gasteiger partial charge in [0.05, 0.1) is 6.54 Å². The lowest BCUT2D eigenvalue weighted by molar-refractivity contribution is 0.148. The first-order chi connectivity index (χ1) is 11.0. The first-order valence-electron chi connectivity index (χ1n) is 8.55. The lowest BCUT2D eigenvalue weighted by atomic mass is 10.1. The Balaban J connectivity index is 0.00000288. The number of hydrogen-bond donors (Lipinski definition) is 2. The summed E-state index contributed by atoms with van der Waals surface area (Å²) in [5.41, 5.74) is 8.43. The highest BCUT2D eigenvalue weighted by molar-refractivity contribution is 14.0. The van der Waals surface area contributed by atoms with E-state index in [9.17, 15) is 0 Å². The maximum absolute atomic E-state index is 5.86. The summed E-state index contributed by atoms with van der Waals surface area (Å²) in [7, 11) is 2.19. The molecule has 0 aliphatic carbocycles. The predicted octanol–water partition coefficient (Wildman–Crippen LogP) is 2.11. The molecule has 1 aromatic rings. The molecule has 0 amide bonds. The number of benzene rings is 1. The summed E-state index contributed by atoms with van der Waals surface area (Å²) in [4.78, 5) is 9.29. The van der Waals surface area contributed by atoms with Gasteiger partial charge >= 0.3 is 0 Å². The quantitative estimate of drug-likeness (QED) is 0.400. The van der Waals surface area contributed by atoms with Crippen LogP contribution in [-0.2, 0) is 13.1 Å². The lowest BCUT2D eigenvalue weighted by Gasteiger charge is -2.32. The van der Waals surface area contributed by atoms with Gasteiger partial charge in [0.15, 0.2) is 5.96 Å². The van der Waals surface area contributed by atoms with Crippen LogP contribution in [-0.4, -0.2) is 55.5 Å². The Labute approximate surface area is 163 Å². The maximum atomic E-state index is 5.86. The summed E-state index contributed by atoms with van der Waals surface area (Å²) in [6.07, 6.45) is 0. The van der Waals surface area contributed by atoms with Crippen molar-refractivity contribution >= 4 is 29.9 Å². The number of hydrogen-bond acceptors (Lipinski definition) is 3. The topological polar surface area (TPSA) is 56.9 Å². The van der Waals surface area contributed by atoms with E-state index in [4.69, 9.17) is 5.73 Å². The number of piperazine rings is 1. The SMILES string of the molecule is CC(C)CNC(N)=NCc1ccc(CN2CCN(C)CC2)cc1.I. The Hall–Kier alpha value is -0.860. The van der Waals surface area contributed by atoms with E-state index in [-0.39, 0.29) is 24.0 Å². The average molecular weight is 445 g/mol. The Morgan fingerprint density at radius 2 is 1.71 bits per heavy atom. The third-order valence-corrected chi connectivity index (χ3v) is 4.15. The maximum Gasteiger partial charge on any atom is 0.188 e. The minimum absolute atomic E-state index is 0. The van der Waals surface area contributed by atoms with Crippen molar-refractivity contribution in [2.24, 2.45) is 16.6 Å². The van der Waals surface area contributed by atoms with Crippen LogP contribution in [0.3, 0.4) is 0 Å². The van der Waals surface area contributed by atoms with Crippen LogP contribution >= 0.6 is 24.0 Å². The summed E-state index contributed by atoms with van der Waals surface area (Å²) in [5, 5.41) is 3.14. The first kappa shape index (κ1) is 21.2. The van der Waals surface area contributed by atoms with Crippen LogP contribution in [0.4, 0.5) is 0 Å². The minimum atomic E-state index is 0. The molecule has 5 nitrogen and oxygen atoms in total. The Morgan fingerprint density at radius 3 is 2.29 bits per heavy atom. The molecule has 1 aliphatic rings. The van der Waals surface area contributed by atoms with E-state index in [2.05, 4.69) is 65.3 Å². The molecular formula is C18H32IN5. The van der Waals surface area contributed by atoms with Gasteiger partial charge in [0, 0.05) is 39.3 Å². The summed E-state index contributed by atoms with van der Waals surface area (Å²) < 4.78 is 0. The molecule has 0 aromatic heterocycles. The highest BCUT2D eigenvalue weighted by atomic mass is 127. The molecule has 0 atom stereocenters. The molecule has 0 unspecified atom stereocenters. The molecular weight excluding hydrogens is 413 g/mol. The van der Waals surface area contributed by atoms with Crippen LogP contribution < -0.4 is 11.1 Å². The molecule has 1 fully saturated rings. The summed E-state index contributed by atoms with van der Waals surface area (Å²) in [5.74, 6) is 1.10. The first-order valence-corrected chi connectivity index (χ1v) is 8.55. The number of nitrogens with zero attached hydrogens (tertiary/aromatic N) is 3. The van der Waals surface area contributed by atoms with Crippen molar-refractivity contribution in [3.05, 3.63) is 35.4 Å². The molecule has 3 N–H and O–H groups in total. The number of likely N-dealkylation sites (N-methyl/N-ethyl adjacent to an activating group) is 1. The van der Waals surface area contributed by atoms with Gasteiger partial charge in [-0.3, -0.25) is 4.90 Å². The second kappa shape index (κ2) is 10.9. The number of nitrogens with two attached hydrogens (primary N) is 1. The van der Waals surface area contributed by atoms with E-state index in [1.807, 2.05) is 0 Å². The van der Waals surface area contributed by atoms with E-state index in [0.717, 1.165) is 39.3 Å². The van der Waals surface area contributed by atoms with Crippen LogP contribution in [0, 0.1) is 5.92 Å². The molecule has 0 spiro atoms. The molecule has 2 rings (SSSR count). The second-order valence-corrected chi connectivity index (χ2v) is 6.87. The van der Waals surface area contributed by atoms with Gasteiger partial charge < -0.3 is 16.0 Å². The zero-order valence-electron chi connectivity index (χ0n) is 15.2. The molecule has 136 valence electrons. The number of rotatable bonds is 6. The van der Waals surface area contributed by atoms with Gasteiger partial charge in [0.2, 0.25) is 0 Å². The van der Waals surface area contributed by atoms with Crippen molar-refractivity contribution in [3.63, 3.8) is 0 Å². The van der Waals surface area contributed by atoms with Crippen molar-refractivity contribution in [2.45, 2.75) is 26.9 Å². The molecule has 0 radical (unpaired) electrons. The zero-order valence-corrected chi connectivity index (χ0v) is 17.5. The van der Waals surface area contributed by atoms with Crippen LogP contribution in [0.2, 0.25) is 0 Å². The van der Waals surface area contributed by atoms with Crippen LogP contribution in [0.15, 0.2) is 29.3 Å². The highest BCUT2D eigenvalue weighted by Gasteiger charge is 2.13. The molecule has 1 heterocycles. The predicted molar refractivity (Wildman–Crippen MR) is 113 cm³/mol. The molecule has 1 saturated heterocycles. The van der Waals surface area contributed by atoms with Crippen molar-refractivity contribution < 1.29 is 0 Å². The Morgan fingerprint density at radius 1 is 1.12 bits per heavy atom. The van der Waals surface area contributed by atoms with Crippen LogP contribution in [0.25, 0.3) is 0 Å². The molecule has 24 heavy (non-hydrogen) atoms. The summed E-state index contributed by atoms with van der Waals surface area (Å²) in [6, 6.07) is 8.73. The highest BCUT2D eigenvalue weighted by Crippen LogP contribution is 2.10. The lowest BCUT2D eigenvalue weighted by Crippen LogP contribution is -2.43. The third-order valence-electron chi connectivity index (χ3n) is 4.15. The number of aliphatic imine (C=N–C) groups is 1. The third kappa shape index (κ3) is 7.81. The average Bonchev–Trinajstić information content (AvgIpc) is 2.54. The van der Waals surface area contributed by atoms with Gasteiger partial charge in [-0.1, -0.05) is 38.1 Å². The standard InChI is InChI=1S/C18H31N5.HI/c1-15(2)12-20-18(19)21-13-16-4-6-17(7-5-16)14-23-10-8-22(3)9-11-23;/h4-7,15H,8-14H2,1-3H3,(H3,19,20,21);1H. The molecule has 1 aromatic carbocycles. The van der Waals surface area contributed by atoms with Gasteiger partial charge in [-0.2, -0.15) is 0 Å². The van der Waals surface area contributed by atoms with Gasteiger partial charge in [-0.15, -0.1) is 24.0 Å². The molecule has 6 heteroatoms. The van der Waals surface area contributed by atoms with Gasteiger partial charge in [-0.05, 0) is 24.1 Å². The summed E-state index contributed by atoms with van der Waals surface area (Å²) >= 11 is 0. The van der Waals surface area contributed by atoms with E-state index >= 15 is 0 Å². The van der Waals surface area contributed by atoms with E-state index in [1.54, 1.807) is 0 Å². The van der Waals surface area contributed by atoms with Gasteiger partial charge in [-0.25, -0.2) is 4.99 Å². The number of guanidine groups is 1. The zero-order chi connectivity index (χ0) is 16.7. The fraction of sp³-hybridized carbons (Fsp3) is 0.611. The molecule has 0 saturated carbocycles. The Kier molecular flexibility index (Phi) is 9.61. The van der Waals surface area contributed by atoms with Crippen LogP contribution in [0.5, 0.6) is 0 Å². The number of nitrogens with one attached hydrogen (secondary N) is 1. The van der Waals surface area contributed by atoms with Gasteiger partial charge in [0.25, 0.3) is 0 Å². The van der Waals surface area contributed by atoms with Crippen molar-refractivity contribution in [3.8, 4) is 0 Å². The molecule has 1 aliphatic heterocycles. The van der Waals surface area contributed by atoms with Crippen molar-refractivity contribution in [1.29, 1.82) is 0 Å². The van der Waals surface area contributed by atoms with E-state index in [1.165, 1.54) is 11.1 Å². The normalized spacial score (nSPS) is 16.9. The number of halogens is 1. The minimum Gasteiger partial charge on any atom is -0.370 e.